The fraction of sp³-hybridized carbons (Fsp3) is 0.400. The number of hydrogen-bond donors (Lipinski definition) is 1. The smallest absolute Gasteiger partial charge is 0.344 e. The zero-order valence-corrected chi connectivity index (χ0v) is 8.83. The van der Waals surface area contributed by atoms with E-state index in [0.717, 1.165) is 0 Å². The zero-order valence-electron chi connectivity index (χ0n) is 8.83. The molecule has 0 spiro atoms. The lowest BCUT2D eigenvalue weighted by molar-refractivity contribution is -0.170. The van der Waals surface area contributed by atoms with Crippen LogP contribution in [0.25, 0.3) is 0 Å². The van der Waals surface area contributed by atoms with Crippen LogP contribution in [-0.4, -0.2) is 23.2 Å². The highest BCUT2D eigenvalue weighted by Crippen LogP contribution is 2.24. The molecule has 0 aromatic carbocycles. The number of amides is 1. The van der Waals surface area contributed by atoms with Gasteiger partial charge in [-0.15, -0.1) is 0 Å². The quantitative estimate of drug-likeness (QED) is 0.832. The first kappa shape index (κ1) is 13.4. The van der Waals surface area contributed by atoms with Crippen molar-refractivity contribution in [3.8, 4) is 0 Å². The number of alkyl halides is 4. The monoisotopic (exact) mass is 250 g/mol. The summed E-state index contributed by atoms with van der Waals surface area (Å²) in [5, 5.41) is 1.81. The van der Waals surface area contributed by atoms with Gasteiger partial charge in [-0.25, -0.2) is 8.78 Å². The van der Waals surface area contributed by atoms with Gasteiger partial charge in [0.1, 0.15) is 0 Å². The molecule has 0 unspecified atom stereocenters. The van der Waals surface area contributed by atoms with Crippen LogP contribution >= 0.6 is 0 Å². The zero-order chi connectivity index (χ0) is 13.1. The van der Waals surface area contributed by atoms with Gasteiger partial charge in [-0.3, -0.25) is 9.78 Å². The molecule has 1 heterocycles. The van der Waals surface area contributed by atoms with Gasteiger partial charge in [0.2, 0.25) is 0 Å². The van der Waals surface area contributed by atoms with Crippen LogP contribution in [0.3, 0.4) is 0 Å². The van der Waals surface area contributed by atoms with Gasteiger partial charge in [0.15, 0.2) is 0 Å². The highest BCUT2D eigenvalue weighted by Gasteiger charge is 2.49. The van der Waals surface area contributed by atoms with Crippen molar-refractivity contribution in [3.63, 3.8) is 0 Å². The molecule has 0 aliphatic rings. The number of rotatable bonds is 4. The van der Waals surface area contributed by atoms with Crippen molar-refractivity contribution in [1.29, 1.82) is 0 Å². The van der Waals surface area contributed by atoms with E-state index in [9.17, 15) is 22.4 Å². The Hall–Kier alpha value is -1.66. The number of halogens is 4. The minimum absolute atomic E-state index is 0.450. The average molecular weight is 250 g/mol. The van der Waals surface area contributed by atoms with Gasteiger partial charge in [-0.05, 0) is 18.6 Å². The highest BCUT2D eigenvalue weighted by atomic mass is 19.3. The lowest BCUT2D eigenvalue weighted by Gasteiger charge is -2.19. The summed E-state index contributed by atoms with van der Waals surface area (Å²) >= 11 is 0. The summed E-state index contributed by atoms with van der Waals surface area (Å²) in [7, 11) is 0. The summed E-state index contributed by atoms with van der Waals surface area (Å²) in [5.41, 5.74) is 0.450. The molecule has 1 amide bonds. The van der Waals surface area contributed by atoms with Crippen molar-refractivity contribution >= 4 is 5.91 Å². The van der Waals surface area contributed by atoms with Crippen molar-refractivity contribution in [3.05, 3.63) is 30.1 Å². The predicted octanol–water partition coefficient (Wildman–Crippen LogP) is 2.16. The molecule has 0 radical (unpaired) electrons. The van der Waals surface area contributed by atoms with Crippen molar-refractivity contribution < 1.29 is 22.4 Å². The Kier molecular flexibility index (Phi) is 4.03. The van der Waals surface area contributed by atoms with Crippen LogP contribution < -0.4 is 5.32 Å². The van der Waals surface area contributed by atoms with E-state index in [2.05, 4.69) is 4.98 Å². The van der Waals surface area contributed by atoms with Gasteiger partial charge in [0.25, 0.3) is 5.91 Å². The predicted molar refractivity (Wildman–Crippen MR) is 51.7 cm³/mol. The molecule has 0 saturated heterocycles. The normalized spacial score (nSPS) is 13.5. The van der Waals surface area contributed by atoms with E-state index in [1.807, 2.05) is 5.32 Å². The van der Waals surface area contributed by atoms with Gasteiger partial charge >= 0.3 is 12.3 Å². The van der Waals surface area contributed by atoms with E-state index in [4.69, 9.17) is 0 Å². The number of nitrogens with zero attached hydrogens (tertiary/aromatic N) is 1. The van der Waals surface area contributed by atoms with E-state index in [-0.39, 0.29) is 0 Å². The number of hydrogen-bond acceptors (Lipinski definition) is 2. The minimum Gasteiger partial charge on any atom is -0.344 e. The molecule has 0 aliphatic heterocycles. The molecule has 0 saturated carbocycles. The molecule has 1 atom stereocenters. The van der Waals surface area contributed by atoms with Gasteiger partial charge in [0, 0.05) is 12.4 Å². The minimum atomic E-state index is -4.68. The molecular formula is C10H10F4N2O. The number of carbonyl (C=O) groups excluding carboxylic acids is 1. The third kappa shape index (κ3) is 3.15. The van der Waals surface area contributed by atoms with Crippen LogP contribution in [0.15, 0.2) is 24.5 Å². The Morgan fingerprint density at radius 2 is 2.12 bits per heavy atom. The molecular weight excluding hydrogens is 240 g/mol. The van der Waals surface area contributed by atoms with Crippen LogP contribution in [0, 0.1) is 0 Å². The SMILES string of the molecule is C[C@@H](NC(=O)C(F)(F)C(F)F)c1cccnc1. The molecule has 1 aromatic heterocycles. The van der Waals surface area contributed by atoms with E-state index in [0.29, 0.717) is 5.56 Å². The van der Waals surface area contributed by atoms with Crippen LogP contribution in [-0.2, 0) is 4.79 Å². The van der Waals surface area contributed by atoms with E-state index in [1.54, 1.807) is 12.1 Å². The van der Waals surface area contributed by atoms with Crippen LogP contribution in [0.5, 0.6) is 0 Å². The molecule has 7 heteroatoms. The Labute approximate surface area is 94.8 Å². The summed E-state index contributed by atoms with van der Waals surface area (Å²) in [6.07, 6.45) is -1.21. The first-order valence-electron chi connectivity index (χ1n) is 4.72. The van der Waals surface area contributed by atoms with Crippen LogP contribution in [0.4, 0.5) is 17.6 Å². The summed E-state index contributed by atoms with van der Waals surface area (Å²) < 4.78 is 49.1. The molecule has 1 rings (SSSR count). The first-order chi connectivity index (χ1) is 7.85. The molecule has 1 aromatic rings. The van der Waals surface area contributed by atoms with E-state index < -0.39 is 24.3 Å². The first-order valence-corrected chi connectivity index (χ1v) is 4.72. The molecule has 0 aliphatic carbocycles. The third-order valence-electron chi connectivity index (χ3n) is 2.11. The Bertz CT molecular complexity index is 383. The van der Waals surface area contributed by atoms with Crippen LogP contribution in [0.1, 0.15) is 18.5 Å². The lowest BCUT2D eigenvalue weighted by Crippen LogP contribution is -2.45. The average Bonchev–Trinajstić information content (AvgIpc) is 2.29. The van der Waals surface area contributed by atoms with Gasteiger partial charge < -0.3 is 5.32 Å². The number of aromatic nitrogens is 1. The molecule has 3 nitrogen and oxygen atoms in total. The van der Waals surface area contributed by atoms with Crippen molar-refractivity contribution in [1.82, 2.24) is 10.3 Å². The lowest BCUT2D eigenvalue weighted by atomic mass is 10.1. The van der Waals surface area contributed by atoms with Gasteiger partial charge in [-0.1, -0.05) is 6.07 Å². The van der Waals surface area contributed by atoms with Crippen molar-refractivity contribution in [2.24, 2.45) is 0 Å². The molecule has 1 N–H and O–H groups in total. The standard InChI is InChI=1S/C10H10F4N2O/c1-6(7-3-2-4-15-5-7)16-9(17)10(13,14)8(11)12/h2-6,8H,1H3,(H,16,17)/t6-/m1/s1. The summed E-state index contributed by atoms with van der Waals surface area (Å²) in [6, 6.07) is 2.27. The van der Waals surface area contributed by atoms with Crippen molar-refractivity contribution in [2.75, 3.05) is 0 Å². The fourth-order valence-corrected chi connectivity index (χ4v) is 1.11. The van der Waals surface area contributed by atoms with Gasteiger partial charge in [0.05, 0.1) is 6.04 Å². The molecule has 17 heavy (non-hydrogen) atoms. The Balaban J connectivity index is 2.70. The number of pyridine rings is 1. The van der Waals surface area contributed by atoms with Crippen molar-refractivity contribution in [2.45, 2.75) is 25.3 Å². The highest BCUT2D eigenvalue weighted by molar-refractivity contribution is 5.84. The second-order valence-electron chi connectivity index (χ2n) is 3.41. The summed E-state index contributed by atoms with van der Waals surface area (Å²) in [4.78, 5) is 14.7. The Morgan fingerprint density at radius 3 is 2.59 bits per heavy atom. The number of nitrogens with one attached hydrogen (secondary N) is 1. The van der Waals surface area contributed by atoms with E-state index in [1.165, 1.54) is 19.3 Å². The summed E-state index contributed by atoms with van der Waals surface area (Å²) in [6.45, 7) is 1.40. The third-order valence-corrected chi connectivity index (χ3v) is 2.11. The Morgan fingerprint density at radius 1 is 1.47 bits per heavy atom. The largest absolute Gasteiger partial charge is 0.383 e. The van der Waals surface area contributed by atoms with E-state index >= 15 is 0 Å². The molecule has 0 fully saturated rings. The maximum atomic E-state index is 12.6. The second-order valence-corrected chi connectivity index (χ2v) is 3.41. The van der Waals surface area contributed by atoms with Crippen LogP contribution in [0.2, 0.25) is 0 Å². The molecule has 0 bridgehead atoms. The second kappa shape index (κ2) is 5.11. The van der Waals surface area contributed by atoms with Gasteiger partial charge in [-0.2, -0.15) is 8.78 Å². The fourth-order valence-electron chi connectivity index (χ4n) is 1.11. The molecule has 94 valence electrons. The topological polar surface area (TPSA) is 42.0 Å². The maximum Gasteiger partial charge on any atom is 0.383 e. The maximum absolute atomic E-state index is 12.6. The summed E-state index contributed by atoms with van der Waals surface area (Å²) in [5.74, 6) is -6.68. The number of carbonyl (C=O) groups is 1.